The lowest BCUT2D eigenvalue weighted by atomic mass is 10.0. The maximum Gasteiger partial charge on any atom is 0.0472 e. The van der Waals surface area contributed by atoms with Gasteiger partial charge in [-0.2, -0.15) is 0 Å². The first-order chi connectivity index (χ1) is 9.74. The van der Waals surface area contributed by atoms with E-state index in [1.165, 1.54) is 22.4 Å². The maximum atomic E-state index is 4.80. The summed E-state index contributed by atoms with van der Waals surface area (Å²) in [5.41, 5.74) is 4.97. The Morgan fingerprint density at radius 1 is 0.900 bits per heavy atom. The van der Waals surface area contributed by atoms with E-state index in [0.717, 1.165) is 12.8 Å². The molecule has 0 aromatic heterocycles. The van der Waals surface area contributed by atoms with Gasteiger partial charge in [-0.3, -0.25) is 4.99 Å². The minimum Gasteiger partial charge on any atom is -0.286 e. The predicted molar refractivity (Wildman–Crippen MR) is 88.5 cm³/mol. The minimum absolute atomic E-state index is 0.402. The number of hydrogen-bond donors (Lipinski definition) is 0. The second-order valence-electron chi connectivity index (χ2n) is 5.13. The summed E-state index contributed by atoms with van der Waals surface area (Å²) in [5.74, 6) is 0. The molecule has 1 atom stereocenters. The molecule has 104 valence electrons. The van der Waals surface area contributed by atoms with Crippen molar-refractivity contribution < 1.29 is 0 Å². The average molecular weight is 265 g/mol. The minimum atomic E-state index is 0.402. The van der Waals surface area contributed by atoms with Gasteiger partial charge in [0.1, 0.15) is 0 Å². The van der Waals surface area contributed by atoms with Crippen LogP contribution in [0.5, 0.6) is 0 Å². The highest BCUT2D eigenvalue weighted by molar-refractivity contribution is 6.00. The Hall–Kier alpha value is -1.89. The van der Waals surface area contributed by atoms with Crippen LogP contribution in [0.2, 0.25) is 0 Å². The fourth-order valence-electron chi connectivity index (χ4n) is 2.21. The molecule has 2 rings (SSSR count). The van der Waals surface area contributed by atoms with E-state index >= 15 is 0 Å². The molecule has 2 aromatic carbocycles. The first kappa shape index (κ1) is 14.5. The maximum absolute atomic E-state index is 4.80. The zero-order valence-corrected chi connectivity index (χ0v) is 12.6. The first-order valence-electron chi connectivity index (χ1n) is 7.47. The van der Waals surface area contributed by atoms with Crippen LogP contribution in [0.25, 0.3) is 11.1 Å². The molecule has 0 amide bonds. The summed E-state index contributed by atoms with van der Waals surface area (Å²) in [4.78, 5) is 4.80. The van der Waals surface area contributed by atoms with E-state index in [1.807, 2.05) is 6.07 Å². The molecule has 1 heteroatoms. The van der Waals surface area contributed by atoms with Gasteiger partial charge in [0.15, 0.2) is 0 Å². The lowest BCUT2D eigenvalue weighted by Gasteiger charge is -2.09. The highest BCUT2D eigenvalue weighted by atomic mass is 14.8. The quantitative estimate of drug-likeness (QED) is 0.646. The second-order valence-corrected chi connectivity index (χ2v) is 5.13. The molecule has 0 aliphatic carbocycles. The van der Waals surface area contributed by atoms with Gasteiger partial charge >= 0.3 is 0 Å². The Morgan fingerprint density at radius 3 is 2.05 bits per heavy atom. The van der Waals surface area contributed by atoms with Crippen LogP contribution in [-0.2, 0) is 0 Å². The third-order valence-corrected chi connectivity index (χ3v) is 3.63. The molecule has 2 aromatic rings. The molecule has 0 heterocycles. The Bertz CT molecular complexity index is 552. The monoisotopic (exact) mass is 265 g/mol. The molecule has 0 radical (unpaired) electrons. The van der Waals surface area contributed by atoms with Crippen LogP contribution in [0, 0.1) is 0 Å². The second kappa shape index (κ2) is 7.04. The zero-order chi connectivity index (χ0) is 14.4. The van der Waals surface area contributed by atoms with Crippen LogP contribution in [0.3, 0.4) is 0 Å². The molecule has 0 saturated carbocycles. The lowest BCUT2D eigenvalue weighted by Crippen LogP contribution is -2.05. The van der Waals surface area contributed by atoms with Gasteiger partial charge in [0.25, 0.3) is 0 Å². The van der Waals surface area contributed by atoms with Gasteiger partial charge in [-0.15, -0.1) is 0 Å². The number of rotatable bonds is 5. The van der Waals surface area contributed by atoms with Crippen LogP contribution in [0.4, 0.5) is 0 Å². The molecule has 0 fully saturated rings. The SMILES string of the molecule is CCC(=NC(C)CC)c1ccc(-c2ccccc2)cc1. The van der Waals surface area contributed by atoms with E-state index in [0.29, 0.717) is 6.04 Å². The fourth-order valence-corrected chi connectivity index (χ4v) is 2.21. The van der Waals surface area contributed by atoms with Crippen molar-refractivity contribution >= 4 is 5.71 Å². The predicted octanol–water partition coefficient (Wildman–Crippen LogP) is 5.35. The summed E-state index contributed by atoms with van der Waals surface area (Å²) >= 11 is 0. The normalized spacial score (nSPS) is 13.2. The van der Waals surface area contributed by atoms with Crippen molar-refractivity contribution in [2.24, 2.45) is 4.99 Å². The largest absolute Gasteiger partial charge is 0.286 e. The number of hydrogen-bond acceptors (Lipinski definition) is 1. The summed E-state index contributed by atoms with van der Waals surface area (Å²) in [6, 6.07) is 19.6. The lowest BCUT2D eigenvalue weighted by molar-refractivity contribution is 0.715. The van der Waals surface area contributed by atoms with Crippen molar-refractivity contribution in [1.29, 1.82) is 0 Å². The third kappa shape index (κ3) is 3.57. The van der Waals surface area contributed by atoms with Gasteiger partial charge in [0.05, 0.1) is 0 Å². The van der Waals surface area contributed by atoms with Crippen LogP contribution in [0.15, 0.2) is 59.6 Å². The van der Waals surface area contributed by atoms with Crippen molar-refractivity contribution in [2.45, 2.75) is 39.7 Å². The van der Waals surface area contributed by atoms with E-state index in [9.17, 15) is 0 Å². The molecule has 20 heavy (non-hydrogen) atoms. The smallest absolute Gasteiger partial charge is 0.0472 e. The molecule has 0 spiro atoms. The molecule has 0 aliphatic rings. The van der Waals surface area contributed by atoms with Gasteiger partial charge < -0.3 is 0 Å². The van der Waals surface area contributed by atoms with Crippen molar-refractivity contribution in [3.05, 3.63) is 60.2 Å². The van der Waals surface area contributed by atoms with Crippen LogP contribution in [0.1, 0.15) is 39.2 Å². The third-order valence-electron chi connectivity index (χ3n) is 3.63. The standard InChI is InChI=1S/C19H23N/c1-4-15(3)20-19(5-2)18-13-11-17(12-14-18)16-9-7-6-8-10-16/h6-15H,4-5H2,1-3H3. The number of aliphatic imine (C=N–C) groups is 1. The molecule has 0 saturated heterocycles. The highest BCUT2D eigenvalue weighted by Gasteiger charge is 2.04. The van der Waals surface area contributed by atoms with E-state index in [2.05, 4.69) is 69.3 Å². The summed E-state index contributed by atoms with van der Waals surface area (Å²) in [6.45, 7) is 6.53. The molecular weight excluding hydrogens is 242 g/mol. The van der Waals surface area contributed by atoms with Crippen LogP contribution in [-0.4, -0.2) is 11.8 Å². The number of benzene rings is 2. The van der Waals surface area contributed by atoms with E-state index in [-0.39, 0.29) is 0 Å². The summed E-state index contributed by atoms with van der Waals surface area (Å²) < 4.78 is 0. The van der Waals surface area contributed by atoms with Crippen molar-refractivity contribution in [1.82, 2.24) is 0 Å². The van der Waals surface area contributed by atoms with Gasteiger partial charge in [-0.1, -0.05) is 68.4 Å². The van der Waals surface area contributed by atoms with Gasteiger partial charge in [-0.05, 0) is 36.5 Å². The summed E-state index contributed by atoms with van der Waals surface area (Å²) in [7, 11) is 0. The Kier molecular flexibility index (Phi) is 5.11. The number of nitrogens with zero attached hydrogens (tertiary/aromatic N) is 1. The summed E-state index contributed by atoms with van der Waals surface area (Å²) in [5, 5.41) is 0. The van der Waals surface area contributed by atoms with Crippen LogP contribution < -0.4 is 0 Å². The van der Waals surface area contributed by atoms with Crippen LogP contribution >= 0.6 is 0 Å². The van der Waals surface area contributed by atoms with Crippen molar-refractivity contribution in [3.63, 3.8) is 0 Å². The highest BCUT2D eigenvalue weighted by Crippen LogP contribution is 2.20. The Labute approximate surface area is 122 Å². The molecule has 1 nitrogen and oxygen atoms in total. The Balaban J connectivity index is 2.25. The summed E-state index contributed by atoms with van der Waals surface area (Å²) in [6.07, 6.45) is 2.07. The van der Waals surface area contributed by atoms with Crippen molar-refractivity contribution in [2.75, 3.05) is 0 Å². The average Bonchev–Trinajstić information content (AvgIpc) is 2.53. The van der Waals surface area contributed by atoms with E-state index in [4.69, 9.17) is 4.99 Å². The van der Waals surface area contributed by atoms with Gasteiger partial charge in [-0.25, -0.2) is 0 Å². The molecule has 0 aliphatic heterocycles. The van der Waals surface area contributed by atoms with E-state index < -0.39 is 0 Å². The molecule has 1 unspecified atom stereocenters. The zero-order valence-electron chi connectivity index (χ0n) is 12.6. The first-order valence-corrected chi connectivity index (χ1v) is 7.47. The fraction of sp³-hybridized carbons (Fsp3) is 0.316. The van der Waals surface area contributed by atoms with Gasteiger partial charge in [0.2, 0.25) is 0 Å². The molecule has 0 bridgehead atoms. The molecule has 0 N–H and O–H groups in total. The van der Waals surface area contributed by atoms with Crippen molar-refractivity contribution in [3.8, 4) is 11.1 Å². The van der Waals surface area contributed by atoms with E-state index in [1.54, 1.807) is 0 Å². The molecular formula is C19H23N. The topological polar surface area (TPSA) is 12.4 Å². The van der Waals surface area contributed by atoms with Gasteiger partial charge in [0, 0.05) is 11.8 Å². The Morgan fingerprint density at radius 2 is 1.50 bits per heavy atom.